The number of hydrogen-bond acceptors (Lipinski definition) is 2. The summed E-state index contributed by atoms with van der Waals surface area (Å²) < 4.78 is 0. The highest BCUT2D eigenvalue weighted by Gasteiger charge is 2.22. The van der Waals surface area contributed by atoms with E-state index in [9.17, 15) is 0 Å². The van der Waals surface area contributed by atoms with Crippen molar-refractivity contribution in [3.63, 3.8) is 0 Å². The van der Waals surface area contributed by atoms with Crippen molar-refractivity contribution in [2.45, 2.75) is 52.1 Å². The van der Waals surface area contributed by atoms with E-state index in [1.807, 2.05) is 0 Å². The lowest BCUT2D eigenvalue weighted by molar-refractivity contribution is 0.133. The molecule has 1 aliphatic heterocycles. The summed E-state index contributed by atoms with van der Waals surface area (Å²) in [5.41, 5.74) is 10.1. The Hall–Kier alpha value is -0.570. The van der Waals surface area contributed by atoms with Gasteiger partial charge in [0.1, 0.15) is 0 Å². The molecule has 0 spiro atoms. The van der Waals surface area contributed by atoms with Crippen molar-refractivity contribution in [2.24, 2.45) is 5.73 Å². The van der Waals surface area contributed by atoms with E-state index < -0.39 is 0 Å². The van der Waals surface area contributed by atoms with E-state index in [0.717, 1.165) is 19.5 Å². The van der Waals surface area contributed by atoms with Gasteiger partial charge in [-0.15, -0.1) is 12.4 Å². The Morgan fingerprint density at radius 1 is 1.21 bits per heavy atom. The molecule has 2 N–H and O–H groups in total. The minimum Gasteiger partial charge on any atom is -0.330 e. The standard InChI is InChI=1S/C16H26N2.ClH/c1-13-6-5-7-14(2)16(13)12-18-11-4-3-8-15(18)9-10-17;/h5-7,15H,3-4,8-12,17H2,1-2H3;1H. The molecule has 0 aliphatic carbocycles. The van der Waals surface area contributed by atoms with Crippen molar-refractivity contribution in [2.75, 3.05) is 13.1 Å². The van der Waals surface area contributed by atoms with Crippen LogP contribution in [0.25, 0.3) is 0 Å². The van der Waals surface area contributed by atoms with E-state index in [0.29, 0.717) is 6.04 Å². The van der Waals surface area contributed by atoms with Crippen LogP contribution in [0.1, 0.15) is 42.4 Å². The maximum Gasteiger partial charge on any atom is 0.0241 e. The van der Waals surface area contributed by atoms with Crippen molar-refractivity contribution in [3.8, 4) is 0 Å². The van der Waals surface area contributed by atoms with E-state index in [1.165, 1.54) is 42.5 Å². The van der Waals surface area contributed by atoms with E-state index in [4.69, 9.17) is 5.73 Å². The van der Waals surface area contributed by atoms with E-state index >= 15 is 0 Å². The average Bonchev–Trinajstić information content (AvgIpc) is 2.36. The fraction of sp³-hybridized carbons (Fsp3) is 0.625. The van der Waals surface area contributed by atoms with Gasteiger partial charge < -0.3 is 5.73 Å². The second-order valence-electron chi connectivity index (χ2n) is 5.57. The van der Waals surface area contributed by atoms with Gasteiger partial charge in [-0.05, 0) is 62.9 Å². The van der Waals surface area contributed by atoms with Crippen LogP contribution in [0, 0.1) is 13.8 Å². The number of hydrogen-bond donors (Lipinski definition) is 1. The second-order valence-corrected chi connectivity index (χ2v) is 5.57. The smallest absolute Gasteiger partial charge is 0.0241 e. The number of halogens is 1. The number of benzene rings is 1. The fourth-order valence-electron chi connectivity index (χ4n) is 3.09. The number of aryl methyl sites for hydroxylation is 2. The largest absolute Gasteiger partial charge is 0.330 e. The molecule has 1 heterocycles. The first-order chi connectivity index (χ1) is 8.72. The number of nitrogens with two attached hydrogens (primary N) is 1. The van der Waals surface area contributed by atoms with Crippen LogP contribution in [0.3, 0.4) is 0 Å². The zero-order valence-electron chi connectivity index (χ0n) is 12.2. The summed E-state index contributed by atoms with van der Waals surface area (Å²) >= 11 is 0. The molecule has 0 radical (unpaired) electrons. The molecule has 1 atom stereocenters. The zero-order chi connectivity index (χ0) is 13.0. The van der Waals surface area contributed by atoms with E-state index in [2.05, 4.69) is 36.9 Å². The SMILES string of the molecule is Cc1cccc(C)c1CN1CCCCC1CCN.Cl. The molecule has 1 unspecified atom stereocenters. The highest BCUT2D eigenvalue weighted by molar-refractivity contribution is 5.85. The Morgan fingerprint density at radius 2 is 1.89 bits per heavy atom. The summed E-state index contributed by atoms with van der Waals surface area (Å²) in [6, 6.07) is 7.30. The van der Waals surface area contributed by atoms with Gasteiger partial charge in [-0.25, -0.2) is 0 Å². The molecule has 108 valence electrons. The van der Waals surface area contributed by atoms with Crippen molar-refractivity contribution >= 4 is 12.4 Å². The summed E-state index contributed by atoms with van der Waals surface area (Å²) in [7, 11) is 0. The monoisotopic (exact) mass is 282 g/mol. The van der Waals surface area contributed by atoms with Gasteiger partial charge in [-0.3, -0.25) is 4.90 Å². The van der Waals surface area contributed by atoms with Gasteiger partial charge in [-0.1, -0.05) is 24.6 Å². The molecule has 0 bridgehead atoms. The third-order valence-electron chi connectivity index (χ3n) is 4.25. The van der Waals surface area contributed by atoms with Gasteiger partial charge in [-0.2, -0.15) is 0 Å². The Bertz CT molecular complexity index is 370. The highest BCUT2D eigenvalue weighted by atomic mass is 35.5. The van der Waals surface area contributed by atoms with Gasteiger partial charge in [0.25, 0.3) is 0 Å². The molecule has 1 fully saturated rings. The lowest BCUT2D eigenvalue weighted by Gasteiger charge is -2.36. The lowest BCUT2D eigenvalue weighted by atomic mass is 9.96. The minimum absolute atomic E-state index is 0. The normalized spacial score (nSPS) is 20.1. The van der Waals surface area contributed by atoms with Crippen LogP contribution in [-0.4, -0.2) is 24.0 Å². The highest BCUT2D eigenvalue weighted by Crippen LogP contribution is 2.24. The molecular weight excluding hydrogens is 256 g/mol. The number of piperidine rings is 1. The number of rotatable bonds is 4. The molecule has 0 saturated carbocycles. The average molecular weight is 283 g/mol. The minimum atomic E-state index is 0. The molecule has 1 saturated heterocycles. The van der Waals surface area contributed by atoms with Crippen LogP contribution in [0.4, 0.5) is 0 Å². The van der Waals surface area contributed by atoms with Crippen LogP contribution in [0.15, 0.2) is 18.2 Å². The van der Waals surface area contributed by atoms with E-state index in [1.54, 1.807) is 0 Å². The summed E-state index contributed by atoms with van der Waals surface area (Å²) in [4.78, 5) is 2.64. The van der Waals surface area contributed by atoms with Crippen LogP contribution in [0.2, 0.25) is 0 Å². The molecule has 0 aromatic heterocycles. The van der Waals surface area contributed by atoms with Gasteiger partial charge in [0.15, 0.2) is 0 Å². The molecule has 1 aliphatic rings. The molecule has 3 heteroatoms. The first-order valence-electron chi connectivity index (χ1n) is 7.21. The molecule has 0 amide bonds. The van der Waals surface area contributed by atoms with Crippen LogP contribution in [0.5, 0.6) is 0 Å². The lowest BCUT2D eigenvalue weighted by Crippen LogP contribution is -2.40. The van der Waals surface area contributed by atoms with Gasteiger partial charge in [0.2, 0.25) is 0 Å². The summed E-state index contributed by atoms with van der Waals surface area (Å²) in [6.07, 6.45) is 5.17. The fourth-order valence-corrected chi connectivity index (χ4v) is 3.09. The molecule has 19 heavy (non-hydrogen) atoms. The van der Waals surface area contributed by atoms with Gasteiger partial charge >= 0.3 is 0 Å². The first-order valence-corrected chi connectivity index (χ1v) is 7.21. The third kappa shape index (κ3) is 4.20. The molecule has 1 aromatic rings. The molecular formula is C16H27ClN2. The Morgan fingerprint density at radius 3 is 2.53 bits per heavy atom. The maximum absolute atomic E-state index is 5.75. The summed E-state index contributed by atoms with van der Waals surface area (Å²) in [5.74, 6) is 0. The summed E-state index contributed by atoms with van der Waals surface area (Å²) in [5, 5.41) is 0. The molecule has 1 aromatic carbocycles. The van der Waals surface area contributed by atoms with Crippen molar-refractivity contribution in [1.82, 2.24) is 4.90 Å². The maximum atomic E-state index is 5.75. The van der Waals surface area contributed by atoms with Gasteiger partial charge in [0, 0.05) is 12.6 Å². The number of likely N-dealkylation sites (tertiary alicyclic amines) is 1. The predicted octanol–water partition coefficient (Wildman–Crippen LogP) is 3.43. The Labute approximate surface area is 123 Å². The first kappa shape index (κ1) is 16.5. The van der Waals surface area contributed by atoms with Gasteiger partial charge in [0.05, 0.1) is 0 Å². The topological polar surface area (TPSA) is 29.3 Å². The van der Waals surface area contributed by atoms with Crippen LogP contribution < -0.4 is 5.73 Å². The van der Waals surface area contributed by atoms with E-state index in [-0.39, 0.29) is 12.4 Å². The Balaban J connectivity index is 0.00000180. The molecule has 2 nitrogen and oxygen atoms in total. The van der Waals surface area contributed by atoms with Crippen molar-refractivity contribution < 1.29 is 0 Å². The van der Waals surface area contributed by atoms with Crippen molar-refractivity contribution in [3.05, 3.63) is 34.9 Å². The second kappa shape index (κ2) is 7.88. The summed E-state index contributed by atoms with van der Waals surface area (Å²) in [6.45, 7) is 7.60. The van der Waals surface area contributed by atoms with Crippen LogP contribution >= 0.6 is 12.4 Å². The predicted molar refractivity (Wildman–Crippen MR) is 84.9 cm³/mol. The number of nitrogens with zero attached hydrogens (tertiary/aromatic N) is 1. The quantitative estimate of drug-likeness (QED) is 0.917. The van der Waals surface area contributed by atoms with Crippen LogP contribution in [-0.2, 0) is 6.54 Å². The molecule has 2 rings (SSSR count). The Kier molecular flexibility index (Phi) is 6.84. The van der Waals surface area contributed by atoms with Crippen molar-refractivity contribution in [1.29, 1.82) is 0 Å². The third-order valence-corrected chi connectivity index (χ3v) is 4.25. The zero-order valence-corrected chi connectivity index (χ0v) is 13.0.